The summed E-state index contributed by atoms with van der Waals surface area (Å²) in [6.07, 6.45) is 0. The predicted octanol–water partition coefficient (Wildman–Crippen LogP) is 4.22. The SMILES string of the molecule is COC(=O)c1ccccc1NC(=O)c1cc(C)nc(Nc2ccc(Cl)cc2)n1. The lowest BCUT2D eigenvalue weighted by atomic mass is 10.1. The van der Waals surface area contributed by atoms with E-state index in [4.69, 9.17) is 16.3 Å². The first-order valence-corrected chi connectivity index (χ1v) is 8.71. The standard InChI is InChI=1S/C20H17ClN4O3/c1-12-11-17(25-20(22-12)23-14-9-7-13(21)8-10-14)18(26)24-16-6-4-3-5-15(16)19(27)28-2/h3-11H,1-2H3,(H,24,26)(H,22,23,25). The maximum atomic E-state index is 12.7. The highest BCUT2D eigenvalue weighted by Crippen LogP contribution is 2.19. The minimum absolute atomic E-state index is 0.156. The predicted molar refractivity (Wildman–Crippen MR) is 107 cm³/mol. The van der Waals surface area contributed by atoms with Crippen molar-refractivity contribution < 1.29 is 14.3 Å². The second-order valence-electron chi connectivity index (χ2n) is 5.84. The molecule has 2 aromatic carbocycles. The summed E-state index contributed by atoms with van der Waals surface area (Å²) in [6.45, 7) is 1.76. The lowest BCUT2D eigenvalue weighted by molar-refractivity contribution is 0.0602. The van der Waals surface area contributed by atoms with Gasteiger partial charge in [-0.3, -0.25) is 4.79 Å². The molecule has 28 heavy (non-hydrogen) atoms. The van der Waals surface area contributed by atoms with Gasteiger partial charge in [0.1, 0.15) is 5.69 Å². The van der Waals surface area contributed by atoms with Gasteiger partial charge in [0.2, 0.25) is 5.95 Å². The molecule has 2 N–H and O–H groups in total. The Kier molecular flexibility index (Phi) is 5.86. The van der Waals surface area contributed by atoms with Gasteiger partial charge in [0.25, 0.3) is 5.91 Å². The summed E-state index contributed by atoms with van der Waals surface area (Å²) >= 11 is 5.88. The summed E-state index contributed by atoms with van der Waals surface area (Å²) in [7, 11) is 1.28. The van der Waals surface area contributed by atoms with Crippen LogP contribution in [0.4, 0.5) is 17.3 Å². The van der Waals surface area contributed by atoms with E-state index in [9.17, 15) is 9.59 Å². The molecule has 0 aliphatic carbocycles. The molecule has 1 heterocycles. The molecule has 0 saturated carbocycles. The molecule has 0 bridgehead atoms. The van der Waals surface area contributed by atoms with E-state index < -0.39 is 11.9 Å². The lowest BCUT2D eigenvalue weighted by Gasteiger charge is -2.11. The molecule has 7 nitrogen and oxygen atoms in total. The summed E-state index contributed by atoms with van der Waals surface area (Å²) in [6, 6.07) is 15.2. The van der Waals surface area contributed by atoms with Gasteiger partial charge in [-0.05, 0) is 49.4 Å². The number of aromatic nitrogens is 2. The summed E-state index contributed by atoms with van der Waals surface area (Å²) in [4.78, 5) is 33.1. The van der Waals surface area contributed by atoms with Crippen LogP contribution in [0.5, 0.6) is 0 Å². The molecule has 0 fully saturated rings. The molecular weight excluding hydrogens is 380 g/mol. The fraction of sp³-hybridized carbons (Fsp3) is 0.100. The van der Waals surface area contributed by atoms with Crippen LogP contribution < -0.4 is 10.6 Å². The molecule has 142 valence electrons. The third kappa shape index (κ3) is 4.63. The number of esters is 1. The van der Waals surface area contributed by atoms with Gasteiger partial charge < -0.3 is 15.4 Å². The number of rotatable bonds is 5. The minimum atomic E-state index is -0.542. The number of hydrogen-bond donors (Lipinski definition) is 2. The molecule has 0 atom stereocenters. The van der Waals surface area contributed by atoms with Gasteiger partial charge in [-0.2, -0.15) is 0 Å². The molecule has 8 heteroatoms. The number of methoxy groups -OCH3 is 1. The number of aryl methyl sites for hydroxylation is 1. The quantitative estimate of drug-likeness (QED) is 0.627. The highest BCUT2D eigenvalue weighted by atomic mass is 35.5. The Morgan fingerprint density at radius 3 is 2.46 bits per heavy atom. The van der Waals surface area contributed by atoms with Gasteiger partial charge in [-0.1, -0.05) is 23.7 Å². The number of nitrogens with zero attached hydrogens (tertiary/aromatic N) is 2. The zero-order valence-electron chi connectivity index (χ0n) is 15.2. The average Bonchev–Trinajstić information content (AvgIpc) is 2.69. The Hall–Kier alpha value is -3.45. The maximum absolute atomic E-state index is 12.7. The van der Waals surface area contributed by atoms with Crippen LogP contribution in [-0.2, 0) is 4.74 Å². The molecule has 0 aliphatic rings. The number of carbonyl (C=O) groups excluding carboxylic acids is 2. The van der Waals surface area contributed by atoms with Gasteiger partial charge in [0, 0.05) is 16.4 Å². The summed E-state index contributed by atoms with van der Waals surface area (Å²) in [5.74, 6) is -0.741. The number of ether oxygens (including phenoxy) is 1. The van der Waals surface area contributed by atoms with E-state index in [1.165, 1.54) is 7.11 Å². The number of halogens is 1. The second kappa shape index (κ2) is 8.49. The van der Waals surface area contributed by atoms with Crippen LogP contribution >= 0.6 is 11.6 Å². The highest BCUT2D eigenvalue weighted by Gasteiger charge is 2.16. The van der Waals surface area contributed by atoms with E-state index in [0.29, 0.717) is 16.4 Å². The van der Waals surface area contributed by atoms with Gasteiger partial charge in [0.15, 0.2) is 0 Å². The molecule has 3 aromatic rings. The number of amides is 1. The number of benzene rings is 2. The van der Waals surface area contributed by atoms with Crippen LogP contribution in [0.25, 0.3) is 0 Å². The Labute approximate surface area is 166 Å². The summed E-state index contributed by atoms with van der Waals surface area (Å²) < 4.78 is 4.74. The monoisotopic (exact) mass is 396 g/mol. The Morgan fingerprint density at radius 2 is 1.75 bits per heavy atom. The first-order chi connectivity index (χ1) is 13.5. The summed E-state index contributed by atoms with van der Waals surface area (Å²) in [5.41, 5.74) is 2.09. The molecule has 0 unspecified atom stereocenters. The topological polar surface area (TPSA) is 93.2 Å². The van der Waals surface area contributed by atoms with E-state index >= 15 is 0 Å². The largest absolute Gasteiger partial charge is 0.465 e. The third-order valence-electron chi connectivity index (χ3n) is 3.77. The Morgan fingerprint density at radius 1 is 1.04 bits per heavy atom. The van der Waals surface area contributed by atoms with Crippen LogP contribution in [0.3, 0.4) is 0 Å². The molecule has 1 aromatic heterocycles. The van der Waals surface area contributed by atoms with Crippen LogP contribution in [-0.4, -0.2) is 29.0 Å². The van der Waals surface area contributed by atoms with Crippen LogP contribution in [0, 0.1) is 6.92 Å². The van der Waals surface area contributed by atoms with Crippen LogP contribution in [0.1, 0.15) is 26.5 Å². The van der Waals surface area contributed by atoms with E-state index in [1.54, 1.807) is 61.5 Å². The molecule has 3 rings (SSSR count). The molecular formula is C20H17ClN4O3. The van der Waals surface area contributed by atoms with E-state index in [0.717, 1.165) is 5.69 Å². The van der Waals surface area contributed by atoms with Crippen molar-refractivity contribution in [3.8, 4) is 0 Å². The summed E-state index contributed by atoms with van der Waals surface area (Å²) in [5, 5.41) is 6.34. The lowest BCUT2D eigenvalue weighted by Crippen LogP contribution is -2.17. The third-order valence-corrected chi connectivity index (χ3v) is 4.02. The van der Waals surface area contributed by atoms with Crippen molar-refractivity contribution in [3.63, 3.8) is 0 Å². The van der Waals surface area contributed by atoms with E-state index in [1.807, 2.05) is 0 Å². The smallest absolute Gasteiger partial charge is 0.339 e. The van der Waals surface area contributed by atoms with E-state index in [2.05, 4.69) is 20.6 Å². The number of carbonyl (C=O) groups is 2. The van der Waals surface area contributed by atoms with Crippen LogP contribution in [0.15, 0.2) is 54.6 Å². The van der Waals surface area contributed by atoms with Crippen molar-refractivity contribution in [1.82, 2.24) is 9.97 Å². The minimum Gasteiger partial charge on any atom is -0.465 e. The molecule has 0 spiro atoms. The molecule has 0 aliphatic heterocycles. The second-order valence-corrected chi connectivity index (χ2v) is 6.28. The van der Waals surface area contributed by atoms with Crippen molar-refractivity contribution in [1.29, 1.82) is 0 Å². The van der Waals surface area contributed by atoms with Gasteiger partial charge in [-0.15, -0.1) is 0 Å². The number of nitrogens with one attached hydrogen (secondary N) is 2. The number of hydrogen-bond acceptors (Lipinski definition) is 6. The zero-order chi connectivity index (χ0) is 20.1. The maximum Gasteiger partial charge on any atom is 0.339 e. The number of para-hydroxylation sites is 1. The van der Waals surface area contributed by atoms with Crippen molar-refractivity contribution in [2.75, 3.05) is 17.7 Å². The number of anilines is 3. The first-order valence-electron chi connectivity index (χ1n) is 8.33. The zero-order valence-corrected chi connectivity index (χ0v) is 15.9. The first kappa shape index (κ1) is 19.3. The Balaban J connectivity index is 1.84. The molecule has 0 radical (unpaired) electrons. The Bertz CT molecular complexity index is 1020. The normalized spacial score (nSPS) is 10.2. The van der Waals surface area contributed by atoms with E-state index in [-0.39, 0.29) is 17.2 Å². The van der Waals surface area contributed by atoms with Crippen molar-refractivity contribution >= 4 is 40.8 Å². The van der Waals surface area contributed by atoms with Crippen molar-refractivity contribution in [2.24, 2.45) is 0 Å². The molecule has 1 amide bonds. The fourth-order valence-corrected chi connectivity index (χ4v) is 2.60. The van der Waals surface area contributed by atoms with Gasteiger partial charge >= 0.3 is 5.97 Å². The fourth-order valence-electron chi connectivity index (χ4n) is 2.47. The molecule has 0 saturated heterocycles. The van der Waals surface area contributed by atoms with Gasteiger partial charge in [0.05, 0.1) is 18.4 Å². The van der Waals surface area contributed by atoms with Crippen LogP contribution in [0.2, 0.25) is 5.02 Å². The van der Waals surface area contributed by atoms with Crippen molar-refractivity contribution in [3.05, 3.63) is 76.6 Å². The van der Waals surface area contributed by atoms with Gasteiger partial charge in [-0.25, -0.2) is 14.8 Å². The van der Waals surface area contributed by atoms with Crippen molar-refractivity contribution in [2.45, 2.75) is 6.92 Å². The highest BCUT2D eigenvalue weighted by molar-refractivity contribution is 6.30. The average molecular weight is 397 g/mol.